The molecule has 2 aromatic rings. The van der Waals surface area contributed by atoms with Crippen molar-refractivity contribution in [2.75, 3.05) is 19.9 Å². The Hall–Kier alpha value is -3.37. The topological polar surface area (TPSA) is 140 Å². The Labute approximate surface area is 180 Å². The van der Waals surface area contributed by atoms with Gasteiger partial charge in [0, 0.05) is 37.6 Å². The number of benzene rings is 2. The Morgan fingerprint density at radius 3 is 2.65 bits per heavy atom. The third kappa shape index (κ3) is 5.41. The molecule has 1 aliphatic rings. The van der Waals surface area contributed by atoms with E-state index in [4.69, 9.17) is 14.9 Å². The van der Waals surface area contributed by atoms with E-state index >= 15 is 0 Å². The Morgan fingerprint density at radius 2 is 2.03 bits per heavy atom. The number of fused-ring (bicyclic) bond motifs is 1. The fourth-order valence-corrected chi connectivity index (χ4v) is 3.63. The van der Waals surface area contributed by atoms with Crippen molar-refractivity contribution in [3.05, 3.63) is 59.8 Å². The molecule has 3 rings (SSSR count). The molecule has 0 aliphatic carbocycles. The third-order valence-electron chi connectivity index (χ3n) is 4.53. The predicted octanol–water partition coefficient (Wildman–Crippen LogP) is -0.201. The Morgan fingerprint density at radius 1 is 1.32 bits per heavy atom. The highest BCUT2D eigenvalue weighted by Gasteiger charge is 2.29. The van der Waals surface area contributed by atoms with Gasteiger partial charge in [-0.1, -0.05) is 0 Å². The summed E-state index contributed by atoms with van der Waals surface area (Å²) in [5, 5.41) is 20.6. The van der Waals surface area contributed by atoms with Crippen molar-refractivity contribution in [1.82, 2.24) is 10.6 Å². The van der Waals surface area contributed by atoms with Crippen molar-refractivity contribution in [2.45, 2.75) is 17.4 Å². The molecule has 1 aliphatic heterocycles. The highest BCUT2D eigenvalue weighted by Crippen LogP contribution is 2.39. The van der Waals surface area contributed by atoms with E-state index in [-0.39, 0.29) is 22.9 Å². The van der Waals surface area contributed by atoms with E-state index in [1.807, 2.05) is 0 Å². The van der Waals surface area contributed by atoms with Crippen molar-refractivity contribution in [3.63, 3.8) is 0 Å². The number of aliphatic hydroxyl groups is 1. The number of carbonyl (C=O) groups excluding carboxylic acids is 1. The van der Waals surface area contributed by atoms with Crippen LogP contribution in [0.5, 0.6) is 17.2 Å². The molecule has 5 N–H and O–H groups in total. The molecule has 1 heterocycles. The van der Waals surface area contributed by atoms with E-state index in [9.17, 15) is 18.3 Å². The summed E-state index contributed by atoms with van der Waals surface area (Å²) >= 11 is 0. The monoisotopic (exact) mass is 446 g/mol. The minimum Gasteiger partial charge on any atom is -0.487 e. The quantitative estimate of drug-likeness (QED) is 0.341. The van der Waals surface area contributed by atoms with Crippen LogP contribution >= 0.6 is 0 Å². The zero-order chi connectivity index (χ0) is 22.6. The Kier molecular flexibility index (Phi) is 6.62. The van der Waals surface area contributed by atoms with Crippen LogP contribution in [0.2, 0.25) is 0 Å². The zero-order valence-electron chi connectivity index (χ0n) is 17.1. The van der Waals surface area contributed by atoms with Crippen LogP contribution < -0.4 is 25.5 Å². The SMILES string of the molecule is CN/C=C\C(=[NH2+])NC(=O)c1cc(Oc2ccc(S(C)(=O)=O)cc2)c2c(c1)OC(CO)C2. The summed E-state index contributed by atoms with van der Waals surface area (Å²) in [6.45, 7) is -0.186. The van der Waals surface area contributed by atoms with Crippen LogP contribution in [0, 0.1) is 0 Å². The molecule has 0 saturated carbocycles. The molecule has 31 heavy (non-hydrogen) atoms. The minimum absolute atomic E-state index is 0.146. The zero-order valence-corrected chi connectivity index (χ0v) is 17.9. The largest absolute Gasteiger partial charge is 0.487 e. The second-order valence-corrected chi connectivity index (χ2v) is 8.97. The number of sulfone groups is 1. The number of aliphatic hydroxyl groups excluding tert-OH is 1. The maximum atomic E-state index is 12.6. The van der Waals surface area contributed by atoms with Crippen LogP contribution in [0.25, 0.3) is 0 Å². The summed E-state index contributed by atoms with van der Waals surface area (Å²) in [7, 11) is -1.63. The average Bonchev–Trinajstić information content (AvgIpc) is 3.15. The number of nitrogens with two attached hydrogens (primary N) is 1. The molecule has 0 saturated heterocycles. The molecular weight excluding hydrogens is 422 g/mol. The molecule has 2 aromatic carbocycles. The van der Waals surface area contributed by atoms with Crippen molar-refractivity contribution in [3.8, 4) is 17.2 Å². The van der Waals surface area contributed by atoms with Gasteiger partial charge in [-0.2, -0.15) is 0 Å². The van der Waals surface area contributed by atoms with Gasteiger partial charge in [0.25, 0.3) is 5.84 Å². The first-order chi connectivity index (χ1) is 14.7. The van der Waals surface area contributed by atoms with Gasteiger partial charge in [0.1, 0.15) is 23.4 Å². The van der Waals surface area contributed by atoms with Gasteiger partial charge in [-0.05, 0) is 36.4 Å². The summed E-state index contributed by atoms with van der Waals surface area (Å²) in [5.74, 6) is 0.874. The van der Waals surface area contributed by atoms with Crippen LogP contribution in [-0.2, 0) is 16.3 Å². The maximum absolute atomic E-state index is 12.6. The van der Waals surface area contributed by atoms with E-state index in [1.165, 1.54) is 30.3 Å². The van der Waals surface area contributed by atoms with Crippen LogP contribution in [0.3, 0.4) is 0 Å². The summed E-state index contributed by atoms with van der Waals surface area (Å²) in [6, 6.07) is 9.06. The molecule has 1 atom stereocenters. The molecule has 9 nitrogen and oxygen atoms in total. The van der Waals surface area contributed by atoms with E-state index in [2.05, 4.69) is 10.6 Å². The minimum atomic E-state index is -3.33. The molecule has 0 bridgehead atoms. The number of hydrogen-bond donors (Lipinski definition) is 4. The van der Waals surface area contributed by atoms with Gasteiger partial charge in [0.15, 0.2) is 9.84 Å². The molecule has 1 unspecified atom stereocenters. The number of ether oxygens (including phenoxy) is 2. The van der Waals surface area contributed by atoms with E-state index in [1.54, 1.807) is 25.4 Å². The predicted molar refractivity (Wildman–Crippen MR) is 114 cm³/mol. The van der Waals surface area contributed by atoms with E-state index in [0.29, 0.717) is 29.2 Å². The van der Waals surface area contributed by atoms with Crippen molar-refractivity contribution >= 4 is 21.6 Å². The van der Waals surface area contributed by atoms with Crippen LogP contribution in [-0.4, -0.2) is 51.3 Å². The summed E-state index contributed by atoms with van der Waals surface area (Å²) in [4.78, 5) is 12.8. The number of amides is 1. The summed E-state index contributed by atoms with van der Waals surface area (Å²) < 4.78 is 35.0. The molecule has 0 fully saturated rings. The van der Waals surface area contributed by atoms with Crippen LogP contribution in [0.1, 0.15) is 15.9 Å². The van der Waals surface area contributed by atoms with Gasteiger partial charge in [0.2, 0.25) is 0 Å². The lowest BCUT2D eigenvalue weighted by atomic mass is 10.1. The first-order valence-corrected chi connectivity index (χ1v) is 11.3. The third-order valence-corrected chi connectivity index (χ3v) is 5.65. The van der Waals surface area contributed by atoms with Crippen molar-refractivity contribution < 1.29 is 33.2 Å². The van der Waals surface area contributed by atoms with Crippen LogP contribution in [0.4, 0.5) is 0 Å². The van der Waals surface area contributed by atoms with Gasteiger partial charge in [0.05, 0.1) is 17.1 Å². The second-order valence-electron chi connectivity index (χ2n) is 6.95. The molecular formula is C21H24N3O6S+. The average molecular weight is 447 g/mol. The first-order valence-electron chi connectivity index (χ1n) is 9.41. The lowest BCUT2D eigenvalue weighted by Gasteiger charge is -2.11. The fraction of sp³-hybridized carbons (Fsp3) is 0.238. The highest BCUT2D eigenvalue weighted by atomic mass is 32.2. The number of carbonyl (C=O) groups is 1. The fourth-order valence-electron chi connectivity index (χ4n) is 3.00. The molecule has 10 heteroatoms. The van der Waals surface area contributed by atoms with Crippen molar-refractivity contribution in [2.24, 2.45) is 0 Å². The second kappa shape index (κ2) is 9.19. The Bertz CT molecular complexity index is 1130. The lowest BCUT2D eigenvalue weighted by Crippen LogP contribution is -2.49. The Balaban J connectivity index is 1.91. The number of nitrogens with one attached hydrogen (secondary N) is 2. The van der Waals surface area contributed by atoms with Gasteiger partial charge in [-0.25, -0.2) is 18.5 Å². The number of hydrogen-bond acceptors (Lipinski definition) is 7. The van der Waals surface area contributed by atoms with E-state index in [0.717, 1.165) is 6.26 Å². The van der Waals surface area contributed by atoms with Gasteiger partial charge in [-0.15, -0.1) is 0 Å². The molecule has 0 aromatic heterocycles. The normalized spacial score (nSPS) is 15.3. The van der Waals surface area contributed by atoms with Crippen molar-refractivity contribution in [1.29, 1.82) is 0 Å². The van der Waals surface area contributed by atoms with Gasteiger partial charge < -0.3 is 19.9 Å². The van der Waals surface area contributed by atoms with Crippen LogP contribution in [0.15, 0.2) is 53.6 Å². The highest BCUT2D eigenvalue weighted by molar-refractivity contribution is 7.90. The van der Waals surface area contributed by atoms with Gasteiger partial charge >= 0.3 is 5.91 Å². The maximum Gasteiger partial charge on any atom is 0.339 e. The summed E-state index contributed by atoms with van der Waals surface area (Å²) in [6.07, 6.45) is 4.16. The smallest absolute Gasteiger partial charge is 0.339 e. The molecule has 0 spiro atoms. The van der Waals surface area contributed by atoms with E-state index < -0.39 is 21.8 Å². The molecule has 164 valence electrons. The van der Waals surface area contributed by atoms with Gasteiger partial charge in [-0.3, -0.25) is 5.41 Å². The summed E-state index contributed by atoms with van der Waals surface area (Å²) in [5.41, 5.74) is 0.954. The lowest BCUT2D eigenvalue weighted by molar-refractivity contribution is -0.115. The molecule has 0 radical (unpaired) electrons. The number of amidine groups is 1. The number of rotatable bonds is 7. The standard InChI is InChI=1S/C21H23N3O6S/c1-23-8-7-20(22)24-21(26)13-9-18(17-11-15(12-25)30-19(17)10-13)29-14-3-5-16(6-4-14)31(2,27)28/h3-10,15,23,25H,11-12H2,1-2H3,(H2,22,24,26)/p+1/b8-7-. The first kappa shape index (κ1) is 22.3. The molecule has 1 amide bonds.